The van der Waals surface area contributed by atoms with E-state index in [1.165, 1.54) is 0 Å². The molecule has 0 saturated carbocycles. The zero-order valence-corrected chi connectivity index (χ0v) is 14.3. The summed E-state index contributed by atoms with van der Waals surface area (Å²) in [5.41, 5.74) is 2.14. The molecule has 1 saturated heterocycles. The van der Waals surface area contributed by atoms with Crippen LogP contribution in [0, 0.1) is 6.92 Å². The third-order valence-corrected chi connectivity index (χ3v) is 4.35. The molecule has 1 aromatic carbocycles. The first-order chi connectivity index (χ1) is 11.6. The number of amides is 1. The Morgan fingerprint density at radius 1 is 1.08 bits per heavy atom. The highest BCUT2D eigenvalue weighted by molar-refractivity contribution is 5.91. The molecule has 1 aliphatic heterocycles. The first-order valence-corrected chi connectivity index (χ1v) is 8.37. The molecule has 2 heterocycles. The molecule has 1 amide bonds. The monoisotopic (exact) mass is 324 g/mol. The number of nitrogens with one attached hydrogen (secondary N) is 1. The predicted molar refractivity (Wildman–Crippen MR) is 97.5 cm³/mol. The van der Waals surface area contributed by atoms with Gasteiger partial charge in [0, 0.05) is 26.2 Å². The lowest BCUT2D eigenvalue weighted by atomic mass is 10.1. The quantitative estimate of drug-likeness (QED) is 0.938. The van der Waals surface area contributed by atoms with E-state index in [0.717, 1.165) is 43.1 Å². The van der Waals surface area contributed by atoms with E-state index in [0.29, 0.717) is 12.2 Å². The van der Waals surface area contributed by atoms with Gasteiger partial charge in [0.25, 0.3) is 0 Å². The number of nitrogens with zero attached hydrogens (tertiary/aromatic N) is 3. The lowest BCUT2D eigenvalue weighted by Gasteiger charge is -2.34. The van der Waals surface area contributed by atoms with E-state index in [9.17, 15) is 4.79 Å². The minimum atomic E-state index is -0.0399. The second-order valence-corrected chi connectivity index (χ2v) is 6.34. The molecule has 0 radical (unpaired) electrons. The van der Waals surface area contributed by atoms with Gasteiger partial charge in [0.2, 0.25) is 5.91 Å². The van der Waals surface area contributed by atoms with Crippen molar-refractivity contribution >= 4 is 17.5 Å². The van der Waals surface area contributed by atoms with Crippen molar-refractivity contribution in [2.75, 3.05) is 43.4 Å². The maximum Gasteiger partial charge on any atom is 0.229 e. The Hall–Kier alpha value is -2.40. The van der Waals surface area contributed by atoms with Crippen LogP contribution in [-0.2, 0) is 11.2 Å². The van der Waals surface area contributed by atoms with Crippen LogP contribution in [0.3, 0.4) is 0 Å². The van der Waals surface area contributed by atoms with Gasteiger partial charge in [-0.3, -0.25) is 4.79 Å². The minimum absolute atomic E-state index is 0.0399. The summed E-state index contributed by atoms with van der Waals surface area (Å²) in [7, 11) is 2.14. The topological polar surface area (TPSA) is 48.5 Å². The van der Waals surface area contributed by atoms with Crippen LogP contribution in [0.25, 0.3) is 0 Å². The maximum atomic E-state index is 12.2. The van der Waals surface area contributed by atoms with Crippen molar-refractivity contribution in [2.45, 2.75) is 13.3 Å². The number of hydrogen-bond donors (Lipinski definition) is 1. The van der Waals surface area contributed by atoms with E-state index in [1.807, 2.05) is 42.5 Å². The molecule has 1 aliphatic rings. The van der Waals surface area contributed by atoms with Crippen molar-refractivity contribution in [3.63, 3.8) is 0 Å². The number of benzene rings is 1. The van der Waals surface area contributed by atoms with Gasteiger partial charge in [-0.1, -0.05) is 36.4 Å². The van der Waals surface area contributed by atoms with E-state index in [2.05, 4.69) is 34.1 Å². The first-order valence-electron chi connectivity index (χ1n) is 8.37. The molecule has 5 nitrogen and oxygen atoms in total. The smallest absolute Gasteiger partial charge is 0.229 e. The molecule has 0 atom stereocenters. The van der Waals surface area contributed by atoms with Crippen LogP contribution in [0.15, 0.2) is 42.5 Å². The van der Waals surface area contributed by atoms with Crippen molar-refractivity contribution < 1.29 is 4.79 Å². The average molecular weight is 324 g/mol. The fraction of sp³-hybridized carbons (Fsp3) is 0.368. The van der Waals surface area contributed by atoms with Gasteiger partial charge in [0.15, 0.2) is 0 Å². The van der Waals surface area contributed by atoms with Crippen molar-refractivity contribution in [1.82, 2.24) is 9.88 Å². The number of piperazine rings is 1. The second-order valence-electron chi connectivity index (χ2n) is 6.34. The number of pyridine rings is 1. The summed E-state index contributed by atoms with van der Waals surface area (Å²) in [5, 5.41) is 2.92. The molecule has 1 aromatic heterocycles. The number of carbonyl (C=O) groups is 1. The van der Waals surface area contributed by atoms with Crippen molar-refractivity contribution in [3.8, 4) is 0 Å². The molecular formula is C19H24N4O. The fourth-order valence-electron chi connectivity index (χ4n) is 2.89. The van der Waals surface area contributed by atoms with Gasteiger partial charge in [-0.25, -0.2) is 4.98 Å². The van der Waals surface area contributed by atoms with Crippen LogP contribution >= 0.6 is 0 Å². The third-order valence-electron chi connectivity index (χ3n) is 4.35. The maximum absolute atomic E-state index is 12.2. The molecule has 1 N–H and O–H groups in total. The van der Waals surface area contributed by atoms with E-state index in [4.69, 9.17) is 0 Å². The SMILES string of the molecule is Cc1ccc(NC(=O)Cc2ccccc2)nc1N1CCN(C)CC1. The molecule has 0 aliphatic carbocycles. The molecule has 2 aromatic rings. The van der Waals surface area contributed by atoms with E-state index < -0.39 is 0 Å². The summed E-state index contributed by atoms with van der Waals surface area (Å²) >= 11 is 0. The molecular weight excluding hydrogens is 300 g/mol. The number of hydrogen-bond acceptors (Lipinski definition) is 4. The Kier molecular flexibility index (Phi) is 5.11. The normalized spacial score (nSPS) is 15.3. The molecule has 126 valence electrons. The highest BCUT2D eigenvalue weighted by atomic mass is 16.1. The zero-order valence-electron chi connectivity index (χ0n) is 14.3. The van der Waals surface area contributed by atoms with Gasteiger partial charge < -0.3 is 15.1 Å². The number of rotatable bonds is 4. The summed E-state index contributed by atoms with van der Waals surface area (Å²) in [4.78, 5) is 21.5. The number of anilines is 2. The van der Waals surface area contributed by atoms with E-state index in [1.54, 1.807) is 0 Å². The largest absolute Gasteiger partial charge is 0.354 e. The fourth-order valence-corrected chi connectivity index (χ4v) is 2.89. The van der Waals surface area contributed by atoms with Gasteiger partial charge in [-0.2, -0.15) is 0 Å². The predicted octanol–water partition coefficient (Wildman–Crippen LogP) is 2.32. The van der Waals surface area contributed by atoms with Crippen LogP contribution in [0.1, 0.15) is 11.1 Å². The van der Waals surface area contributed by atoms with Gasteiger partial charge in [-0.05, 0) is 31.2 Å². The lowest BCUT2D eigenvalue weighted by molar-refractivity contribution is -0.115. The van der Waals surface area contributed by atoms with Gasteiger partial charge in [-0.15, -0.1) is 0 Å². The molecule has 24 heavy (non-hydrogen) atoms. The van der Waals surface area contributed by atoms with Gasteiger partial charge in [0.1, 0.15) is 11.6 Å². The number of aryl methyl sites for hydroxylation is 1. The number of likely N-dealkylation sites (N-methyl/N-ethyl adjacent to an activating group) is 1. The Morgan fingerprint density at radius 2 is 1.79 bits per heavy atom. The second kappa shape index (κ2) is 7.45. The van der Waals surface area contributed by atoms with Crippen molar-refractivity contribution in [1.29, 1.82) is 0 Å². The Labute approximate surface area is 143 Å². The van der Waals surface area contributed by atoms with E-state index >= 15 is 0 Å². The van der Waals surface area contributed by atoms with Crippen LogP contribution in [-0.4, -0.2) is 49.0 Å². The average Bonchev–Trinajstić information content (AvgIpc) is 2.58. The Bertz CT molecular complexity index is 694. The van der Waals surface area contributed by atoms with Crippen LogP contribution < -0.4 is 10.2 Å². The van der Waals surface area contributed by atoms with Crippen molar-refractivity contribution in [2.24, 2.45) is 0 Å². The van der Waals surface area contributed by atoms with Crippen molar-refractivity contribution in [3.05, 3.63) is 53.6 Å². The highest BCUT2D eigenvalue weighted by Crippen LogP contribution is 2.21. The highest BCUT2D eigenvalue weighted by Gasteiger charge is 2.17. The summed E-state index contributed by atoms with van der Waals surface area (Å²) in [5.74, 6) is 1.55. The summed E-state index contributed by atoms with van der Waals surface area (Å²) in [6.45, 7) is 6.06. The number of carbonyl (C=O) groups excluding carboxylic acids is 1. The Morgan fingerprint density at radius 3 is 2.50 bits per heavy atom. The minimum Gasteiger partial charge on any atom is -0.354 e. The molecule has 1 fully saturated rings. The van der Waals surface area contributed by atoms with Crippen LogP contribution in [0.5, 0.6) is 0 Å². The molecule has 0 bridgehead atoms. The van der Waals surface area contributed by atoms with Gasteiger partial charge in [0.05, 0.1) is 6.42 Å². The van der Waals surface area contributed by atoms with Crippen LogP contribution in [0.2, 0.25) is 0 Å². The number of aromatic nitrogens is 1. The standard InChI is InChI=1S/C19H24N4O/c1-15-8-9-17(20-18(24)14-16-6-4-3-5-7-16)21-19(15)23-12-10-22(2)11-13-23/h3-9H,10-14H2,1-2H3,(H,20,21,24). The summed E-state index contributed by atoms with van der Waals surface area (Å²) in [6, 6.07) is 13.6. The molecule has 3 rings (SSSR count). The van der Waals surface area contributed by atoms with Crippen LogP contribution in [0.4, 0.5) is 11.6 Å². The first kappa shape index (κ1) is 16.5. The lowest BCUT2D eigenvalue weighted by Crippen LogP contribution is -2.45. The third kappa shape index (κ3) is 4.11. The summed E-state index contributed by atoms with van der Waals surface area (Å²) < 4.78 is 0. The zero-order chi connectivity index (χ0) is 16.9. The molecule has 5 heteroatoms. The van der Waals surface area contributed by atoms with E-state index in [-0.39, 0.29) is 5.91 Å². The molecule has 0 spiro atoms. The van der Waals surface area contributed by atoms with Gasteiger partial charge >= 0.3 is 0 Å². The Balaban J connectivity index is 1.68. The molecule has 0 unspecified atom stereocenters. The summed E-state index contributed by atoms with van der Waals surface area (Å²) in [6.07, 6.45) is 0.361.